The maximum absolute atomic E-state index is 13.6. The summed E-state index contributed by atoms with van der Waals surface area (Å²) < 4.78 is 13.6. The lowest BCUT2D eigenvalue weighted by Gasteiger charge is -2.18. The van der Waals surface area contributed by atoms with E-state index in [9.17, 15) is 4.39 Å². The summed E-state index contributed by atoms with van der Waals surface area (Å²) in [7, 11) is 0. The summed E-state index contributed by atoms with van der Waals surface area (Å²) in [5.74, 6) is 5.63. The van der Waals surface area contributed by atoms with Gasteiger partial charge in [-0.25, -0.2) is 4.39 Å². The van der Waals surface area contributed by atoms with Crippen molar-refractivity contribution in [2.75, 3.05) is 5.43 Å². The van der Waals surface area contributed by atoms with Crippen LogP contribution in [-0.2, 0) is 0 Å². The van der Waals surface area contributed by atoms with Crippen LogP contribution in [0.4, 0.5) is 10.1 Å². The zero-order valence-electron chi connectivity index (χ0n) is 11.1. The predicted octanol–water partition coefficient (Wildman–Crippen LogP) is 3.40. The quantitative estimate of drug-likeness (QED) is 0.631. The summed E-state index contributed by atoms with van der Waals surface area (Å²) in [6.45, 7) is 7.96. The number of hydrogen-bond acceptors (Lipinski definition) is 3. The lowest BCUT2D eigenvalue weighted by Crippen LogP contribution is -2.13. The number of nitrogen functional groups attached to an aromatic ring is 1. The third-order valence-electron chi connectivity index (χ3n) is 3.19. The molecule has 0 aliphatic rings. The number of aryl methyl sites for hydroxylation is 2. The SMILES string of the molecule is Cc1nc2c(C)cc(F)cc2c(NN)c1C(C)C. The van der Waals surface area contributed by atoms with Crippen molar-refractivity contribution >= 4 is 16.6 Å². The molecule has 2 aromatic rings. The van der Waals surface area contributed by atoms with E-state index in [1.807, 2.05) is 13.8 Å². The molecule has 0 atom stereocenters. The van der Waals surface area contributed by atoms with Gasteiger partial charge in [-0.1, -0.05) is 13.8 Å². The molecule has 3 nitrogen and oxygen atoms in total. The Morgan fingerprint density at radius 3 is 2.50 bits per heavy atom. The standard InChI is InChI=1S/C14H18FN3/c1-7(2)12-9(4)17-13-8(3)5-10(15)6-11(13)14(12)18-16/h5-7H,16H2,1-4H3,(H,17,18). The number of hydrazine groups is 1. The van der Waals surface area contributed by atoms with Gasteiger partial charge in [0.2, 0.25) is 0 Å². The van der Waals surface area contributed by atoms with Gasteiger partial charge in [0.25, 0.3) is 0 Å². The number of hydrogen-bond donors (Lipinski definition) is 2. The van der Waals surface area contributed by atoms with Crippen LogP contribution >= 0.6 is 0 Å². The van der Waals surface area contributed by atoms with Gasteiger partial charge < -0.3 is 5.43 Å². The molecule has 0 aliphatic heterocycles. The molecule has 0 saturated carbocycles. The number of aromatic nitrogens is 1. The van der Waals surface area contributed by atoms with Gasteiger partial charge in [0.05, 0.1) is 11.2 Å². The molecule has 3 N–H and O–H groups in total. The van der Waals surface area contributed by atoms with E-state index < -0.39 is 0 Å². The van der Waals surface area contributed by atoms with E-state index in [4.69, 9.17) is 5.84 Å². The van der Waals surface area contributed by atoms with Crippen LogP contribution in [0.5, 0.6) is 0 Å². The Morgan fingerprint density at radius 1 is 1.28 bits per heavy atom. The largest absolute Gasteiger partial charge is 0.323 e. The van der Waals surface area contributed by atoms with Crippen molar-refractivity contribution in [1.29, 1.82) is 0 Å². The molecule has 1 aromatic carbocycles. The van der Waals surface area contributed by atoms with Crippen LogP contribution in [0.2, 0.25) is 0 Å². The molecular weight excluding hydrogens is 229 g/mol. The number of benzene rings is 1. The fourth-order valence-electron chi connectivity index (χ4n) is 2.49. The Labute approximate surface area is 106 Å². The van der Waals surface area contributed by atoms with Gasteiger partial charge in [-0.2, -0.15) is 0 Å². The molecule has 0 spiro atoms. The van der Waals surface area contributed by atoms with Crippen molar-refractivity contribution < 1.29 is 4.39 Å². The first-order chi connectivity index (χ1) is 8.45. The number of halogens is 1. The summed E-state index contributed by atoms with van der Waals surface area (Å²) >= 11 is 0. The molecule has 0 bridgehead atoms. The molecule has 0 amide bonds. The second-order valence-electron chi connectivity index (χ2n) is 4.90. The molecule has 18 heavy (non-hydrogen) atoms. The number of nitrogens with one attached hydrogen (secondary N) is 1. The number of anilines is 1. The number of pyridine rings is 1. The normalized spacial score (nSPS) is 11.3. The van der Waals surface area contributed by atoms with Crippen LogP contribution in [0.3, 0.4) is 0 Å². The van der Waals surface area contributed by atoms with Gasteiger partial charge in [0.1, 0.15) is 5.82 Å². The molecule has 2 rings (SSSR count). The van der Waals surface area contributed by atoms with E-state index in [2.05, 4.69) is 24.3 Å². The monoisotopic (exact) mass is 247 g/mol. The van der Waals surface area contributed by atoms with Gasteiger partial charge in [0, 0.05) is 16.6 Å². The van der Waals surface area contributed by atoms with Crippen LogP contribution in [-0.4, -0.2) is 4.98 Å². The van der Waals surface area contributed by atoms with E-state index >= 15 is 0 Å². The fourth-order valence-corrected chi connectivity index (χ4v) is 2.49. The maximum atomic E-state index is 13.6. The first-order valence-corrected chi connectivity index (χ1v) is 6.02. The Kier molecular flexibility index (Phi) is 3.22. The van der Waals surface area contributed by atoms with Crippen molar-refractivity contribution in [2.45, 2.75) is 33.6 Å². The minimum Gasteiger partial charge on any atom is -0.323 e. The average Bonchev–Trinajstić information content (AvgIpc) is 2.28. The van der Waals surface area contributed by atoms with Crippen LogP contribution in [0, 0.1) is 19.7 Å². The highest BCUT2D eigenvalue weighted by Crippen LogP contribution is 2.34. The van der Waals surface area contributed by atoms with Gasteiger partial charge in [0.15, 0.2) is 0 Å². The van der Waals surface area contributed by atoms with Crippen molar-refractivity contribution in [1.82, 2.24) is 4.98 Å². The highest BCUT2D eigenvalue weighted by molar-refractivity contribution is 5.95. The zero-order valence-corrected chi connectivity index (χ0v) is 11.1. The van der Waals surface area contributed by atoms with E-state index in [-0.39, 0.29) is 11.7 Å². The van der Waals surface area contributed by atoms with Gasteiger partial charge in [-0.3, -0.25) is 10.8 Å². The molecule has 4 heteroatoms. The molecule has 1 aromatic heterocycles. The molecule has 96 valence electrons. The Morgan fingerprint density at radius 2 is 1.94 bits per heavy atom. The molecule has 0 radical (unpaired) electrons. The minimum atomic E-state index is -0.267. The van der Waals surface area contributed by atoms with Crippen LogP contribution in [0.15, 0.2) is 12.1 Å². The second-order valence-corrected chi connectivity index (χ2v) is 4.90. The molecule has 0 fully saturated rings. The first-order valence-electron chi connectivity index (χ1n) is 6.02. The molecule has 0 unspecified atom stereocenters. The topological polar surface area (TPSA) is 50.9 Å². The van der Waals surface area contributed by atoms with Crippen molar-refractivity contribution in [3.8, 4) is 0 Å². The molecule has 0 saturated heterocycles. The molecule has 0 aliphatic carbocycles. The summed E-state index contributed by atoms with van der Waals surface area (Å²) in [5.41, 5.74) is 7.07. The highest BCUT2D eigenvalue weighted by atomic mass is 19.1. The van der Waals surface area contributed by atoms with Crippen LogP contribution < -0.4 is 11.3 Å². The first kappa shape index (κ1) is 12.8. The third kappa shape index (κ3) is 1.93. The maximum Gasteiger partial charge on any atom is 0.124 e. The Bertz CT molecular complexity index is 606. The van der Waals surface area contributed by atoms with E-state index in [1.54, 1.807) is 0 Å². The number of fused-ring (bicyclic) bond motifs is 1. The van der Waals surface area contributed by atoms with E-state index in [0.29, 0.717) is 0 Å². The fraction of sp³-hybridized carbons (Fsp3) is 0.357. The van der Waals surface area contributed by atoms with E-state index in [0.717, 1.165) is 33.4 Å². The number of nitrogens with zero attached hydrogens (tertiary/aromatic N) is 1. The Balaban J connectivity index is 2.94. The molecular formula is C14H18FN3. The van der Waals surface area contributed by atoms with E-state index in [1.165, 1.54) is 12.1 Å². The summed E-state index contributed by atoms with van der Waals surface area (Å²) in [5, 5.41) is 0.740. The van der Waals surface area contributed by atoms with Crippen LogP contribution in [0.25, 0.3) is 10.9 Å². The summed E-state index contributed by atoms with van der Waals surface area (Å²) in [4.78, 5) is 4.58. The van der Waals surface area contributed by atoms with Gasteiger partial charge in [-0.05, 0) is 37.5 Å². The zero-order chi connectivity index (χ0) is 13.4. The Hall–Kier alpha value is -1.68. The third-order valence-corrected chi connectivity index (χ3v) is 3.19. The average molecular weight is 247 g/mol. The highest BCUT2D eigenvalue weighted by Gasteiger charge is 2.16. The lowest BCUT2D eigenvalue weighted by molar-refractivity contribution is 0.628. The van der Waals surface area contributed by atoms with Crippen molar-refractivity contribution in [2.24, 2.45) is 5.84 Å². The molecule has 1 heterocycles. The summed E-state index contributed by atoms with van der Waals surface area (Å²) in [6, 6.07) is 2.97. The van der Waals surface area contributed by atoms with Gasteiger partial charge in [-0.15, -0.1) is 0 Å². The number of rotatable bonds is 2. The smallest absolute Gasteiger partial charge is 0.124 e. The van der Waals surface area contributed by atoms with Crippen molar-refractivity contribution in [3.63, 3.8) is 0 Å². The number of nitrogens with two attached hydrogens (primary N) is 1. The lowest BCUT2D eigenvalue weighted by atomic mass is 9.96. The summed E-state index contributed by atoms with van der Waals surface area (Å²) in [6.07, 6.45) is 0. The van der Waals surface area contributed by atoms with Gasteiger partial charge >= 0.3 is 0 Å². The minimum absolute atomic E-state index is 0.267. The predicted molar refractivity (Wildman–Crippen MR) is 73.1 cm³/mol. The second kappa shape index (κ2) is 4.53. The van der Waals surface area contributed by atoms with Crippen LogP contribution in [0.1, 0.15) is 36.6 Å². The van der Waals surface area contributed by atoms with Crippen molar-refractivity contribution in [3.05, 3.63) is 34.8 Å².